The number of carboxylic acids is 1. The lowest BCUT2D eigenvalue weighted by Crippen LogP contribution is -2.16. The fourth-order valence-electron chi connectivity index (χ4n) is 0.954. The summed E-state index contributed by atoms with van der Waals surface area (Å²) in [7, 11) is 0. The first kappa shape index (κ1) is 9.60. The normalized spacial score (nSPS) is 12.5. The van der Waals surface area contributed by atoms with E-state index < -0.39 is 12.0 Å². The lowest BCUT2D eigenvalue weighted by Gasteiger charge is -2.07. The van der Waals surface area contributed by atoms with Gasteiger partial charge in [0.1, 0.15) is 0 Å². The van der Waals surface area contributed by atoms with Gasteiger partial charge in [0.25, 0.3) is 0 Å². The van der Waals surface area contributed by atoms with Crippen molar-refractivity contribution in [2.45, 2.75) is 19.4 Å². The molecule has 1 heterocycles. The molecule has 1 atom stereocenters. The van der Waals surface area contributed by atoms with Gasteiger partial charge in [-0.3, -0.25) is 14.8 Å². The zero-order valence-corrected chi connectivity index (χ0v) is 7.27. The molecule has 13 heavy (non-hydrogen) atoms. The summed E-state index contributed by atoms with van der Waals surface area (Å²) >= 11 is 0. The smallest absolute Gasteiger partial charge is 0.305 e. The maximum atomic E-state index is 10.3. The second-order valence-corrected chi connectivity index (χ2v) is 2.79. The third kappa shape index (κ3) is 2.79. The number of aliphatic carboxylic acids is 1. The second kappa shape index (κ2) is 3.95. The molecule has 5 nitrogen and oxygen atoms in total. The van der Waals surface area contributed by atoms with Gasteiger partial charge in [-0.15, -0.1) is 0 Å². The van der Waals surface area contributed by atoms with E-state index in [4.69, 9.17) is 10.8 Å². The van der Waals surface area contributed by atoms with Crippen LogP contribution in [0.4, 0.5) is 0 Å². The molecule has 1 unspecified atom stereocenters. The number of aromatic nitrogens is 2. The molecule has 5 heteroatoms. The molecule has 0 aliphatic rings. The molecule has 0 radical (unpaired) electrons. The molecule has 70 valence electrons. The van der Waals surface area contributed by atoms with Crippen LogP contribution in [0.3, 0.4) is 0 Å². The van der Waals surface area contributed by atoms with Gasteiger partial charge in [-0.1, -0.05) is 0 Å². The number of nitrogens with two attached hydrogens (primary N) is 1. The van der Waals surface area contributed by atoms with Crippen molar-refractivity contribution in [2.24, 2.45) is 5.73 Å². The number of carbonyl (C=O) groups is 1. The average molecular weight is 181 g/mol. The van der Waals surface area contributed by atoms with Gasteiger partial charge in [-0.05, 0) is 6.92 Å². The van der Waals surface area contributed by atoms with Gasteiger partial charge < -0.3 is 10.8 Å². The van der Waals surface area contributed by atoms with Gasteiger partial charge in [0, 0.05) is 12.4 Å². The molecule has 3 N–H and O–H groups in total. The molecule has 1 aromatic heterocycles. The summed E-state index contributed by atoms with van der Waals surface area (Å²) in [5.41, 5.74) is 6.83. The Morgan fingerprint density at radius 1 is 1.69 bits per heavy atom. The minimum Gasteiger partial charge on any atom is -0.481 e. The minimum atomic E-state index is -0.934. The summed E-state index contributed by atoms with van der Waals surface area (Å²) < 4.78 is 0. The van der Waals surface area contributed by atoms with Gasteiger partial charge in [0.15, 0.2) is 0 Å². The van der Waals surface area contributed by atoms with Crippen LogP contribution >= 0.6 is 0 Å². The first-order valence-electron chi connectivity index (χ1n) is 3.85. The first-order chi connectivity index (χ1) is 6.09. The molecule has 0 aliphatic heterocycles. The summed E-state index contributed by atoms with van der Waals surface area (Å²) in [5.74, 6) is -0.934. The van der Waals surface area contributed by atoms with Crippen molar-refractivity contribution >= 4 is 5.97 Å². The topological polar surface area (TPSA) is 89.1 Å². The maximum Gasteiger partial charge on any atom is 0.305 e. The quantitative estimate of drug-likeness (QED) is 0.698. The molecule has 0 amide bonds. The van der Waals surface area contributed by atoms with Crippen molar-refractivity contribution in [2.75, 3.05) is 0 Å². The Morgan fingerprint density at radius 2 is 2.38 bits per heavy atom. The zero-order chi connectivity index (χ0) is 9.84. The Hall–Kier alpha value is -1.49. The molecule has 0 saturated heterocycles. The van der Waals surface area contributed by atoms with Crippen molar-refractivity contribution < 1.29 is 9.90 Å². The van der Waals surface area contributed by atoms with Crippen molar-refractivity contribution in [1.29, 1.82) is 0 Å². The molecule has 0 saturated carbocycles. The van der Waals surface area contributed by atoms with Gasteiger partial charge in [-0.25, -0.2) is 0 Å². The largest absolute Gasteiger partial charge is 0.481 e. The van der Waals surface area contributed by atoms with Crippen LogP contribution in [-0.2, 0) is 4.79 Å². The van der Waals surface area contributed by atoms with Gasteiger partial charge >= 0.3 is 5.97 Å². The third-order valence-electron chi connectivity index (χ3n) is 1.55. The predicted molar refractivity (Wildman–Crippen MR) is 46.0 cm³/mol. The number of rotatable bonds is 3. The molecule has 0 aromatic carbocycles. The maximum absolute atomic E-state index is 10.3. The Balaban J connectivity index is 2.76. The third-order valence-corrected chi connectivity index (χ3v) is 1.55. The average Bonchev–Trinajstić information content (AvgIpc) is 2.03. The number of hydrogen-bond acceptors (Lipinski definition) is 4. The molecule has 0 fully saturated rings. The second-order valence-electron chi connectivity index (χ2n) is 2.79. The Kier molecular flexibility index (Phi) is 2.92. The highest BCUT2D eigenvalue weighted by Crippen LogP contribution is 2.09. The van der Waals surface area contributed by atoms with E-state index in [9.17, 15) is 4.79 Å². The molecule has 0 spiro atoms. The highest BCUT2D eigenvalue weighted by molar-refractivity contribution is 5.67. The van der Waals surface area contributed by atoms with E-state index in [2.05, 4.69) is 9.97 Å². The molecule has 0 aliphatic carbocycles. The van der Waals surface area contributed by atoms with E-state index in [1.807, 2.05) is 0 Å². The van der Waals surface area contributed by atoms with Crippen LogP contribution in [0, 0.1) is 6.92 Å². The van der Waals surface area contributed by atoms with E-state index in [0.717, 1.165) is 5.69 Å². The van der Waals surface area contributed by atoms with Gasteiger partial charge in [-0.2, -0.15) is 0 Å². The Bertz CT molecular complexity index is 314. The van der Waals surface area contributed by atoms with Crippen LogP contribution < -0.4 is 5.73 Å². The highest BCUT2D eigenvalue weighted by Gasteiger charge is 2.11. The van der Waals surface area contributed by atoms with E-state index >= 15 is 0 Å². The highest BCUT2D eigenvalue weighted by atomic mass is 16.4. The molecular weight excluding hydrogens is 170 g/mol. The van der Waals surface area contributed by atoms with E-state index in [-0.39, 0.29) is 6.42 Å². The molecule has 1 aromatic rings. The van der Waals surface area contributed by atoms with Crippen molar-refractivity contribution in [3.63, 3.8) is 0 Å². The number of carboxylic acid groups (broad SMARTS) is 1. The van der Waals surface area contributed by atoms with Crippen molar-refractivity contribution in [3.8, 4) is 0 Å². The zero-order valence-electron chi connectivity index (χ0n) is 7.27. The minimum absolute atomic E-state index is 0.127. The van der Waals surface area contributed by atoms with Crippen LogP contribution in [-0.4, -0.2) is 21.0 Å². The van der Waals surface area contributed by atoms with Crippen LogP contribution in [0.5, 0.6) is 0 Å². The summed E-state index contributed by atoms with van der Waals surface area (Å²) in [4.78, 5) is 18.3. The number of hydrogen-bond donors (Lipinski definition) is 2. The summed E-state index contributed by atoms with van der Waals surface area (Å²) in [6.07, 6.45) is 2.95. The molecule has 0 bridgehead atoms. The van der Waals surface area contributed by atoms with E-state index in [1.165, 1.54) is 6.20 Å². The molecule has 1 rings (SSSR count). The Labute approximate surface area is 75.6 Å². The lowest BCUT2D eigenvalue weighted by atomic mass is 10.1. The van der Waals surface area contributed by atoms with Crippen LogP contribution in [0.15, 0.2) is 12.4 Å². The Morgan fingerprint density at radius 3 is 2.92 bits per heavy atom. The monoisotopic (exact) mass is 181 g/mol. The summed E-state index contributed by atoms with van der Waals surface area (Å²) in [6, 6.07) is -0.579. The lowest BCUT2D eigenvalue weighted by molar-refractivity contribution is -0.137. The van der Waals surface area contributed by atoms with E-state index in [0.29, 0.717) is 5.69 Å². The van der Waals surface area contributed by atoms with E-state index in [1.54, 1.807) is 13.1 Å². The summed E-state index contributed by atoms with van der Waals surface area (Å²) in [6.45, 7) is 1.78. The van der Waals surface area contributed by atoms with Crippen LogP contribution in [0.1, 0.15) is 23.9 Å². The molecular formula is C8H11N3O2. The number of nitrogens with zero attached hydrogens (tertiary/aromatic N) is 2. The van der Waals surface area contributed by atoms with Gasteiger partial charge in [0.05, 0.1) is 23.9 Å². The van der Waals surface area contributed by atoms with Gasteiger partial charge in [0.2, 0.25) is 0 Å². The first-order valence-corrected chi connectivity index (χ1v) is 3.85. The van der Waals surface area contributed by atoms with Crippen LogP contribution in [0.2, 0.25) is 0 Å². The number of aryl methyl sites for hydroxylation is 1. The predicted octanol–water partition coefficient (Wildman–Crippen LogP) is 0.260. The SMILES string of the molecule is Cc1cncc(C(N)CC(=O)O)n1. The van der Waals surface area contributed by atoms with Crippen molar-refractivity contribution in [3.05, 3.63) is 23.8 Å². The fourth-order valence-corrected chi connectivity index (χ4v) is 0.954. The fraction of sp³-hybridized carbons (Fsp3) is 0.375. The van der Waals surface area contributed by atoms with Crippen LogP contribution in [0.25, 0.3) is 0 Å². The van der Waals surface area contributed by atoms with Crippen molar-refractivity contribution in [1.82, 2.24) is 9.97 Å². The standard InChI is InChI=1S/C8H11N3O2/c1-5-3-10-4-7(11-5)6(9)2-8(12)13/h3-4,6H,2,9H2,1H3,(H,12,13). The summed E-state index contributed by atoms with van der Waals surface area (Å²) in [5, 5.41) is 8.49.